The van der Waals surface area contributed by atoms with E-state index in [0.29, 0.717) is 4.88 Å². The van der Waals surface area contributed by atoms with Gasteiger partial charge in [-0.25, -0.2) is 0 Å². The van der Waals surface area contributed by atoms with Crippen molar-refractivity contribution in [3.8, 4) is 0 Å². The summed E-state index contributed by atoms with van der Waals surface area (Å²) in [5.74, 6) is -0.761. The Morgan fingerprint density at radius 2 is 2.10 bits per heavy atom. The number of pyridine rings is 1. The molecule has 0 saturated carbocycles. The minimum absolute atomic E-state index is 0.152. The van der Waals surface area contributed by atoms with Crippen LogP contribution in [-0.2, 0) is 4.79 Å². The zero-order chi connectivity index (χ0) is 14.5. The highest BCUT2D eigenvalue weighted by Crippen LogP contribution is 2.14. The summed E-state index contributed by atoms with van der Waals surface area (Å²) in [7, 11) is 0. The zero-order valence-electron chi connectivity index (χ0n) is 10.7. The van der Waals surface area contributed by atoms with Gasteiger partial charge in [-0.05, 0) is 19.1 Å². The topological polar surface area (TPSA) is 91.1 Å². The molecule has 0 aliphatic carbocycles. The number of aromatic amines is 1. The van der Waals surface area contributed by atoms with Crippen LogP contribution in [0.3, 0.4) is 0 Å². The number of anilines is 1. The molecule has 2 amide bonds. The lowest BCUT2D eigenvalue weighted by molar-refractivity contribution is -0.115. The van der Waals surface area contributed by atoms with Crippen molar-refractivity contribution >= 4 is 28.8 Å². The first-order valence-electron chi connectivity index (χ1n) is 5.88. The van der Waals surface area contributed by atoms with E-state index in [-0.39, 0.29) is 23.6 Å². The Balaban J connectivity index is 1.88. The Morgan fingerprint density at radius 3 is 2.75 bits per heavy atom. The van der Waals surface area contributed by atoms with Crippen LogP contribution in [0.4, 0.5) is 5.69 Å². The van der Waals surface area contributed by atoms with E-state index >= 15 is 0 Å². The van der Waals surface area contributed by atoms with E-state index in [9.17, 15) is 14.4 Å². The molecule has 2 aromatic rings. The van der Waals surface area contributed by atoms with Gasteiger partial charge in [-0.3, -0.25) is 14.4 Å². The standard InChI is InChI=1S/C13H13N3O3S/c1-8-2-3-11(20-8)13(19)15-7-12(18)16-9-6-14-5-4-10(9)17/h2-6H,7H2,1H3,(H,14,17)(H,15,19)(H,16,18). The second-order valence-corrected chi connectivity index (χ2v) is 5.35. The molecular formula is C13H13N3O3S. The molecule has 0 fully saturated rings. The molecule has 2 rings (SSSR count). The summed E-state index contributed by atoms with van der Waals surface area (Å²) in [6, 6.07) is 4.85. The fraction of sp³-hybridized carbons (Fsp3) is 0.154. The van der Waals surface area contributed by atoms with E-state index in [0.717, 1.165) is 4.88 Å². The number of thiophene rings is 1. The summed E-state index contributed by atoms with van der Waals surface area (Å²) < 4.78 is 0. The fourth-order valence-corrected chi connectivity index (χ4v) is 2.30. The van der Waals surface area contributed by atoms with Crippen molar-refractivity contribution in [3.63, 3.8) is 0 Å². The largest absolute Gasteiger partial charge is 0.366 e. The molecule has 0 spiro atoms. The molecule has 0 bridgehead atoms. The number of hydrogen-bond acceptors (Lipinski definition) is 4. The number of hydrogen-bond donors (Lipinski definition) is 3. The minimum Gasteiger partial charge on any atom is -0.366 e. The molecule has 0 aromatic carbocycles. The number of nitrogens with one attached hydrogen (secondary N) is 3. The first-order chi connectivity index (χ1) is 9.56. The quantitative estimate of drug-likeness (QED) is 0.788. The van der Waals surface area contributed by atoms with E-state index in [4.69, 9.17) is 0 Å². The van der Waals surface area contributed by atoms with Gasteiger partial charge < -0.3 is 15.6 Å². The van der Waals surface area contributed by atoms with Gasteiger partial charge in [0, 0.05) is 23.3 Å². The van der Waals surface area contributed by atoms with Crippen LogP contribution < -0.4 is 16.1 Å². The number of aromatic nitrogens is 1. The molecule has 2 heterocycles. The van der Waals surface area contributed by atoms with E-state index in [2.05, 4.69) is 15.6 Å². The summed E-state index contributed by atoms with van der Waals surface area (Å²) >= 11 is 1.36. The number of carbonyl (C=O) groups excluding carboxylic acids is 2. The normalized spacial score (nSPS) is 10.1. The molecule has 0 saturated heterocycles. The van der Waals surface area contributed by atoms with Crippen LogP contribution in [0, 0.1) is 6.92 Å². The van der Waals surface area contributed by atoms with Crippen LogP contribution in [0.25, 0.3) is 0 Å². The molecule has 0 unspecified atom stereocenters. The fourth-order valence-electron chi connectivity index (χ4n) is 1.51. The van der Waals surface area contributed by atoms with Gasteiger partial charge in [0.05, 0.1) is 11.4 Å². The van der Waals surface area contributed by atoms with Gasteiger partial charge in [-0.1, -0.05) is 0 Å². The molecule has 2 aromatic heterocycles. The van der Waals surface area contributed by atoms with Crippen molar-refractivity contribution < 1.29 is 9.59 Å². The van der Waals surface area contributed by atoms with Crippen molar-refractivity contribution in [1.82, 2.24) is 10.3 Å². The van der Waals surface area contributed by atoms with Gasteiger partial charge in [0.1, 0.15) is 5.69 Å². The Morgan fingerprint density at radius 1 is 1.30 bits per heavy atom. The summed E-state index contributed by atoms with van der Waals surface area (Å²) in [6.45, 7) is 1.71. The Kier molecular flexibility index (Phi) is 4.31. The molecule has 7 heteroatoms. The number of amides is 2. The highest BCUT2D eigenvalue weighted by molar-refractivity contribution is 7.13. The van der Waals surface area contributed by atoms with Crippen molar-refractivity contribution in [2.75, 3.05) is 11.9 Å². The van der Waals surface area contributed by atoms with Crippen LogP contribution >= 0.6 is 11.3 Å². The number of rotatable bonds is 4. The summed E-state index contributed by atoms with van der Waals surface area (Å²) in [6.07, 6.45) is 2.86. The third kappa shape index (κ3) is 3.55. The van der Waals surface area contributed by atoms with E-state index in [1.807, 2.05) is 13.0 Å². The molecule has 6 nitrogen and oxygen atoms in total. The number of aryl methyl sites for hydroxylation is 1. The van der Waals surface area contributed by atoms with Crippen LogP contribution in [0.1, 0.15) is 14.5 Å². The van der Waals surface area contributed by atoms with E-state index < -0.39 is 5.91 Å². The second kappa shape index (κ2) is 6.16. The van der Waals surface area contributed by atoms with Crippen LogP contribution in [0.15, 0.2) is 35.4 Å². The molecule has 0 radical (unpaired) electrons. The summed E-state index contributed by atoms with van der Waals surface area (Å²) in [5, 5.41) is 4.93. The monoisotopic (exact) mass is 291 g/mol. The molecule has 104 valence electrons. The Labute approximate surface area is 118 Å². The van der Waals surface area contributed by atoms with Gasteiger partial charge in [0.15, 0.2) is 0 Å². The number of carbonyl (C=O) groups is 2. The molecule has 0 atom stereocenters. The van der Waals surface area contributed by atoms with Gasteiger partial charge in [-0.2, -0.15) is 0 Å². The molecule has 3 N–H and O–H groups in total. The van der Waals surface area contributed by atoms with Gasteiger partial charge >= 0.3 is 0 Å². The zero-order valence-corrected chi connectivity index (χ0v) is 11.5. The van der Waals surface area contributed by atoms with Crippen molar-refractivity contribution in [2.24, 2.45) is 0 Å². The summed E-state index contributed by atoms with van der Waals surface area (Å²) in [5.41, 5.74) is -0.143. The smallest absolute Gasteiger partial charge is 0.261 e. The van der Waals surface area contributed by atoms with E-state index in [1.54, 1.807) is 6.07 Å². The maximum atomic E-state index is 11.7. The van der Waals surface area contributed by atoms with Crippen LogP contribution in [-0.4, -0.2) is 23.3 Å². The SMILES string of the molecule is Cc1ccc(C(=O)NCC(=O)Nc2c[nH]ccc2=O)s1. The number of H-pyrrole nitrogens is 1. The van der Waals surface area contributed by atoms with Crippen molar-refractivity contribution in [1.29, 1.82) is 0 Å². The van der Waals surface area contributed by atoms with Gasteiger partial charge in [0.25, 0.3) is 5.91 Å². The Bertz CT molecular complexity index is 690. The highest BCUT2D eigenvalue weighted by Gasteiger charge is 2.10. The van der Waals surface area contributed by atoms with Crippen LogP contribution in [0.5, 0.6) is 0 Å². The maximum Gasteiger partial charge on any atom is 0.261 e. The van der Waals surface area contributed by atoms with Crippen molar-refractivity contribution in [2.45, 2.75) is 6.92 Å². The lowest BCUT2D eigenvalue weighted by Gasteiger charge is -2.05. The first kappa shape index (κ1) is 14.0. The van der Waals surface area contributed by atoms with Gasteiger partial charge in [0.2, 0.25) is 11.3 Å². The van der Waals surface area contributed by atoms with Crippen molar-refractivity contribution in [3.05, 3.63) is 50.6 Å². The third-order valence-electron chi connectivity index (χ3n) is 2.47. The third-order valence-corrected chi connectivity index (χ3v) is 3.47. The highest BCUT2D eigenvalue weighted by atomic mass is 32.1. The van der Waals surface area contributed by atoms with Gasteiger partial charge in [-0.15, -0.1) is 11.3 Å². The lowest BCUT2D eigenvalue weighted by Crippen LogP contribution is -2.33. The molecular weight excluding hydrogens is 278 g/mol. The average molecular weight is 291 g/mol. The lowest BCUT2D eigenvalue weighted by atomic mass is 10.4. The Hall–Kier alpha value is -2.41. The predicted molar refractivity (Wildman–Crippen MR) is 77.1 cm³/mol. The average Bonchev–Trinajstić information content (AvgIpc) is 2.85. The molecule has 20 heavy (non-hydrogen) atoms. The van der Waals surface area contributed by atoms with Crippen LogP contribution in [0.2, 0.25) is 0 Å². The maximum absolute atomic E-state index is 11.7. The second-order valence-electron chi connectivity index (χ2n) is 4.06. The molecule has 0 aliphatic heterocycles. The summed E-state index contributed by atoms with van der Waals surface area (Å²) in [4.78, 5) is 39.0. The first-order valence-corrected chi connectivity index (χ1v) is 6.69. The van der Waals surface area contributed by atoms with E-state index in [1.165, 1.54) is 29.8 Å². The predicted octanol–water partition coefficient (Wildman–Crippen LogP) is 1.11. The molecule has 0 aliphatic rings. The minimum atomic E-state index is -0.455.